The second-order valence-electron chi connectivity index (χ2n) is 9.14. The van der Waals surface area contributed by atoms with Crippen molar-refractivity contribution in [1.82, 2.24) is 14.5 Å². The number of fused-ring (bicyclic) bond motifs is 1. The summed E-state index contributed by atoms with van der Waals surface area (Å²) < 4.78 is 2.35. The molecule has 32 heavy (non-hydrogen) atoms. The number of carbonyl (C=O) groups excluding carboxylic acids is 1. The molecule has 2 aliphatic heterocycles. The van der Waals surface area contributed by atoms with E-state index >= 15 is 0 Å². The third-order valence-corrected chi connectivity index (χ3v) is 6.69. The van der Waals surface area contributed by atoms with Crippen LogP contribution in [0.5, 0.6) is 0 Å². The van der Waals surface area contributed by atoms with Gasteiger partial charge in [-0.15, -0.1) is 0 Å². The molecule has 1 saturated heterocycles. The Kier molecular flexibility index (Phi) is 5.45. The van der Waals surface area contributed by atoms with E-state index in [9.17, 15) is 4.79 Å². The average molecular weight is 430 g/mol. The molecule has 4 heterocycles. The fraction of sp³-hybridized carbons (Fsp3) is 0.423. The molecule has 3 aromatic rings. The number of carbonyl (C=O) groups is 1. The van der Waals surface area contributed by atoms with Crippen molar-refractivity contribution in [3.8, 4) is 11.3 Å². The standard InChI is InChI=1S/C26H31N5O/c1-18(2)25-22(7-6-13-27-25)26-23-17-29(15-16-30(23)19(3)28-26)20-9-11-21(12-10-20)31-14-5-4-8-24(31)32/h6-7,9-13,18H,4-5,8,14-17H2,1-3H3. The van der Waals surface area contributed by atoms with E-state index in [1.165, 1.54) is 11.4 Å². The Bertz CT molecular complexity index is 1130. The average Bonchev–Trinajstić information content (AvgIpc) is 3.15. The number of pyridine rings is 1. The molecule has 0 unspecified atom stereocenters. The van der Waals surface area contributed by atoms with Gasteiger partial charge in [0.2, 0.25) is 5.91 Å². The zero-order valence-electron chi connectivity index (χ0n) is 19.2. The molecule has 166 valence electrons. The molecule has 6 heteroatoms. The van der Waals surface area contributed by atoms with Crippen LogP contribution in [0.1, 0.15) is 56.2 Å². The van der Waals surface area contributed by atoms with Crippen LogP contribution in [0.15, 0.2) is 42.6 Å². The van der Waals surface area contributed by atoms with Crippen molar-refractivity contribution in [2.75, 3.05) is 22.9 Å². The van der Waals surface area contributed by atoms with Crippen molar-refractivity contribution >= 4 is 17.3 Å². The molecule has 1 aromatic carbocycles. The molecule has 5 rings (SSSR count). The minimum Gasteiger partial charge on any atom is -0.364 e. The molecule has 0 radical (unpaired) electrons. The van der Waals surface area contributed by atoms with Gasteiger partial charge in [0, 0.05) is 49.2 Å². The maximum Gasteiger partial charge on any atom is 0.226 e. The molecule has 2 aromatic heterocycles. The molecule has 1 amide bonds. The highest BCUT2D eigenvalue weighted by Gasteiger charge is 2.26. The molecule has 2 aliphatic rings. The lowest BCUT2D eigenvalue weighted by molar-refractivity contribution is -0.119. The summed E-state index contributed by atoms with van der Waals surface area (Å²) >= 11 is 0. The fourth-order valence-electron chi connectivity index (χ4n) is 4.98. The van der Waals surface area contributed by atoms with Crippen molar-refractivity contribution in [3.05, 3.63) is 59.8 Å². The number of hydrogen-bond acceptors (Lipinski definition) is 4. The van der Waals surface area contributed by atoms with Crippen LogP contribution in [0, 0.1) is 6.92 Å². The van der Waals surface area contributed by atoms with Crippen molar-refractivity contribution in [2.45, 2.75) is 59.0 Å². The highest BCUT2D eigenvalue weighted by molar-refractivity contribution is 5.94. The van der Waals surface area contributed by atoms with E-state index in [-0.39, 0.29) is 5.91 Å². The van der Waals surface area contributed by atoms with Crippen LogP contribution in [0.2, 0.25) is 0 Å². The van der Waals surface area contributed by atoms with Crippen molar-refractivity contribution in [2.24, 2.45) is 0 Å². The van der Waals surface area contributed by atoms with Crippen LogP contribution in [0.3, 0.4) is 0 Å². The predicted molar refractivity (Wildman–Crippen MR) is 128 cm³/mol. The van der Waals surface area contributed by atoms with E-state index < -0.39 is 0 Å². The van der Waals surface area contributed by atoms with Gasteiger partial charge in [-0.25, -0.2) is 4.98 Å². The van der Waals surface area contributed by atoms with E-state index in [0.717, 1.165) is 67.5 Å². The number of piperidine rings is 1. The van der Waals surface area contributed by atoms with Crippen LogP contribution < -0.4 is 9.80 Å². The van der Waals surface area contributed by atoms with Crippen molar-refractivity contribution in [1.29, 1.82) is 0 Å². The van der Waals surface area contributed by atoms with Crippen LogP contribution >= 0.6 is 0 Å². The Morgan fingerprint density at radius 3 is 2.50 bits per heavy atom. The molecule has 0 atom stereocenters. The summed E-state index contributed by atoms with van der Waals surface area (Å²) in [6, 6.07) is 12.6. The Morgan fingerprint density at radius 1 is 0.969 bits per heavy atom. The Balaban J connectivity index is 1.43. The number of amides is 1. The predicted octanol–water partition coefficient (Wildman–Crippen LogP) is 4.91. The van der Waals surface area contributed by atoms with Gasteiger partial charge in [0.25, 0.3) is 0 Å². The summed E-state index contributed by atoms with van der Waals surface area (Å²) in [5, 5.41) is 0. The smallest absolute Gasteiger partial charge is 0.226 e. The molecule has 0 spiro atoms. The van der Waals surface area contributed by atoms with Gasteiger partial charge in [0.05, 0.1) is 23.6 Å². The number of rotatable bonds is 4. The van der Waals surface area contributed by atoms with E-state index in [0.29, 0.717) is 12.3 Å². The highest BCUT2D eigenvalue weighted by Crippen LogP contribution is 2.34. The number of aryl methyl sites for hydroxylation is 1. The van der Waals surface area contributed by atoms with Crippen molar-refractivity contribution in [3.63, 3.8) is 0 Å². The van der Waals surface area contributed by atoms with Gasteiger partial charge in [0.15, 0.2) is 0 Å². The summed E-state index contributed by atoms with van der Waals surface area (Å²) in [6.45, 7) is 9.95. The first kappa shape index (κ1) is 20.7. The van der Waals surface area contributed by atoms with Crippen molar-refractivity contribution < 1.29 is 4.79 Å². The zero-order chi connectivity index (χ0) is 22.2. The summed E-state index contributed by atoms with van der Waals surface area (Å²) in [4.78, 5) is 26.2. The third-order valence-electron chi connectivity index (χ3n) is 6.69. The van der Waals surface area contributed by atoms with E-state index in [1.807, 2.05) is 17.2 Å². The van der Waals surface area contributed by atoms with Gasteiger partial charge in [-0.05, 0) is 62.1 Å². The molecule has 0 bridgehead atoms. The van der Waals surface area contributed by atoms with Crippen LogP contribution in [-0.4, -0.2) is 33.5 Å². The number of nitrogens with zero attached hydrogens (tertiary/aromatic N) is 5. The summed E-state index contributed by atoms with van der Waals surface area (Å²) in [7, 11) is 0. The lowest BCUT2D eigenvalue weighted by Crippen LogP contribution is -2.35. The Morgan fingerprint density at radius 2 is 1.75 bits per heavy atom. The Labute approximate surface area is 189 Å². The van der Waals surface area contributed by atoms with Gasteiger partial charge in [-0.2, -0.15) is 0 Å². The second-order valence-corrected chi connectivity index (χ2v) is 9.14. The summed E-state index contributed by atoms with van der Waals surface area (Å²) in [5.74, 6) is 1.64. The number of anilines is 2. The number of aromatic nitrogens is 3. The SMILES string of the molecule is Cc1nc(-c2cccnc2C(C)C)c2n1CCN(c1ccc(N3CCCCC3=O)cc1)C2. The first-order chi connectivity index (χ1) is 15.5. The molecular formula is C26H31N5O. The largest absolute Gasteiger partial charge is 0.364 e. The van der Waals surface area contributed by atoms with Gasteiger partial charge in [-0.3, -0.25) is 9.78 Å². The summed E-state index contributed by atoms with van der Waals surface area (Å²) in [6.07, 6.45) is 4.62. The highest BCUT2D eigenvalue weighted by atomic mass is 16.2. The minimum atomic E-state index is 0.239. The summed E-state index contributed by atoms with van der Waals surface area (Å²) in [5.41, 5.74) is 6.73. The normalized spacial score (nSPS) is 16.6. The molecular weight excluding hydrogens is 398 g/mol. The minimum absolute atomic E-state index is 0.239. The first-order valence-corrected chi connectivity index (χ1v) is 11.7. The van der Waals surface area contributed by atoms with Crippen LogP contribution in [0.25, 0.3) is 11.3 Å². The van der Waals surface area contributed by atoms with Gasteiger partial charge >= 0.3 is 0 Å². The maximum atomic E-state index is 12.3. The Hall–Kier alpha value is -3.15. The zero-order valence-corrected chi connectivity index (χ0v) is 19.2. The number of hydrogen-bond donors (Lipinski definition) is 0. The van der Waals surface area contributed by atoms with Crippen LogP contribution in [0.4, 0.5) is 11.4 Å². The van der Waals surface area contributed by atoms with E-state index in [2.05, 4.69) is 65.6 Å². The van der Waals surface area contributed by atoms with Crippen LogP contribution in [-0.2, 0) is 17.9 Å². The van der Waals surface area contributed by atoms with Gasteiger partial charge < -0.3 is 14.4 Å². The molecule has 0 N–H and O–H groups in total. The topological polar surface area (TPSA) is 54.3 Å². The van der Waals surface area contributed by atoms with E-state index in [1.54, 1.807) is 0 Å². The first-order valence-electron chi connectivity index (χ1n) is 11.7. The lowest BCUT2D eigenvalue weighted by Gasteiger charge is -2.32. The molecule has 0 saturated carbocycles. The molecule has 6 nitrogen and oxygen atoms in total. The monoisotopic (exact) mass is 429 g/mol. The quantitative estimate of drug-likeness (QED) is 0.591. The fourth-order valence-corrected chi connectivity index (χ4v) is 4.98. The van der Waals surface area contributed by atoms with Gasteiger partial charge in [-0.1, -0.05) is 13.8 Å². The second kappa shape index (κ2) is 8.41. The van der Waals surface area contributed by atoms with E-state index in [4.69, 9.17) is 4.98 Å². The molecule has 0 aliphatic carbocycles. The van der Waals surface area contributed by atoms with Gasteiger partial charge in [0.1, 0.15) is 5.82 Å². The lowest BCUT2D eigenvalue weighted by atomic mass is 10.00. The third kappa shape index (κ3) is 3.68. The maximum absolute atomic E-state index is 12.3. The molecule has 1 fully saturated rings. The number of imidazole rings is 1. The number of benzene rings is 1.